The van der Waals surface area contributed by atoms with E-state index in [1.54, 1.807) is 11.3 Å². The van der Waals surface area contributed by atoms with Crippen molar-refractivity contribution in [3.8, 4) is 0 Å². The molecule has 0 amide bonds. The molecule has 5 aromatic rings. The lowest BCUT2D eigenvalue weighted by Gasteiger charge is -2.03. The van der Waals surface area contributed by atoms with Crippen molar-refractivity contribution in [3.63, 3.8) is 0 Å². The van der Waals surface area contributed by atoms with E-state index in [0.717, 1.165) is 9.75 Å². The number of nitrogens with zero attached hydrogens (tertiary/aromatic N) is 2. The Labute approximate surface area is 186 Å². The highest BCUT2D eigenvalue weighted by Crippen LogP contribution is 2.21. The Kier molecular flexibility index (Phi) is 5.68. The molecule has 0 saturated carbocycles. The number of fused-ring (bicyclic) bond motifs is 2. The van der Waals surface area contributed by atoms with Crippen LogP contribution in [0, 0.1) is 0 Å². The fourth-order valence-electron chi connectivity index (χ4n) is 3.84. The highest BCUT2D eigenvalue weighted by atomic mass is 32.1. The van der Waals surface area contributed by atoms with Gasteiger partial charge in [-0.1, -0.05) is 84.9 Å². The monoisotopic (exact) mass is 418 g/mol. The molecule has 1 aromatic heterocycles. The molecule has 0 unspecified atom stereocenters. The van der Waals surface area contributed by atoms with Gasteiger partial charge in [-0.05, 0) is 44.8 Å². The molecule has 0 aliphatic rings. The molecule has 0 bridgehead atoms. The maximum Gasteiger partial charge on any atom is 0.0646 e. The second kappa shape index (κ2) is 9.07. The van der Waals surface area contributed by atoms with Crippen LogP contribution in [0.5, 0.6) is 0 Å². The minimum atomic E-state index is 0.684. The second-order valence-electron chi connectivity index (χ2n) is 7.46. The van der Waals surface area contributed by atoms with Gasteiger partial charge in [-0.2, -0.15) is 0 Å². The molecule has 0 fully saturated rings. The summed E-state index contributed by atoms with van der Waals surface area (Å²) in [4.78, 5) is 11.6. The Morgan fingerprint density at radius 3 is 1.48 bits per heavy atom. The van der Waals surface area contributed by atoms with Crippen LogP contribution in [0.2, 0.25) is 0 Å². The molecule has 0 N–H and O–H groups in total. The van der Waals surface area contributed by atoms with Gasteiger partial charge in [0.1, 0.15) is 0 Å². The van der Waals surface area contributed by atoms with Crippen molar-refractivity contribution in [2.45, 2.75) is 13.1 Å². The van der Waals surface area contributed by atoms with Gasteiger partial charge in [0.15, 0.2) is 0 Å². The lowest BCUT2D eigenvalue weighted by molar-refractivity contribution is 1.09. The fraction of sp³-hybridized carbons (Fsp3) is 0.0714. The molecular formula is C28H22N2S. The van der Waals surface area contributed by atoms with Gasteiger partial charge in [0.05, 0.1) is 13.1 Å². The number of hydrogen-bond donors (Lipinski definition) is 0. The quantitative estimate of drug-likeness (QED) is 0.259. The summed E-state index contributed by atoms with van der Waals surface area (Å²) in [6, 6.07) is 33.9. The third-order valence-corrected chi connectivity index (χ3v) is 6.32. The van der Waals surface area contributed by atoms with Gasteiger partial charge < -0.3 is 0 Å². The Morgan fingerprint density at radius 1 is 0.516 bits per heavy atom. The summed E-state index contributed by atoms with van der Waals surface area (Å²) < 4.78 is 0. The van der Waals surface area contributed by atoms with Crippen molar-refractivity contribution in [1.82, 2.24) is 0 Å². The molecule has 0 saturated heterocycles. The number of benzene rings is 4. The van der Waals surface area contributed by atoms with E-state index in [0.29, 0.717) is 13.1 Å². The van der Waals surface area contributed by atoms with Gasteiger partial charge in [-0.3, -0.25) is 9.98 Å². The summed E-state index contributed by atoms with van der Waals surface area (Å²) in [6.07, 6.45) is 3.93. The van der Waals surface area contributed by atoms with E-state index in [2.05, 4.69) is 107 Å². The number of hydrogen-bond acceptors (Lipinski definition) is 3. The first-order valence-corrected chi connectivity index (χ1v) is 11.2. The molecule has 0 spiro atoms. The van der Waals surface area contributed by atoms with Crippen LogP contribution in [0.25, 0.3) is 21.5 Å². The zero-order chi connectivity index (χ0) is 20.9. The lowest BCUT2D eigenvalue weighted by atomic mass is 10.1. The Hall–Kier alpha value is -3.56. The van der Waals surface area contributed by atoms with Crippen LogP contribution in [0.15, 0.2) is 107 Å². The topological polar surface area (TPSA) is 24.7 Å². The lowest BCUT2D eigenvalue weighted by Crippen LogP contribution is -1.85. The van der Waals surface area contributed by atoms with Crippen LogP contribution < -0.4 is 0 Å². The van der Waals surface area contributed by atoms with Gasteiger partial charge in [-0.25, -0.2) is 0 Å². The smallest absolute Gasteiger partial charge is 0.0646 e. The molecular weight excluding hydrogens is 396 g/mol. The first-order valence-electron chi connectivity index (χ1n) is 10.4. The Morgan fingerprint density at radius 2 is 0.968 bits per heavy atom. The SMILES string of the molecule is C(=NCc1cccc2ccccc12)c1ccc(C=NCc2cccc3ccccc23)s1. The molecule has 0 atom stereocenters. The summed E-state index contributed by atoms with van der Waals surface area (Å²) in [5, 5.41) is 5.07. The summed E-state index contributed by atoms with van der Waals surface area (Å²) in [5.41, 5.74) is 2.51. The average Bonchev–Trinajstić information content (AvgIpc) is 3.27. The standard InChI is InChI=1S/C28H22N2S/c1-3-13-27-21(7-1)9-5-11-23(27)17-29-19-25-15-16-26(31-25)20-30-18-24-12-6-10-22-8-2-4-14-28(22)24/h1-16,19-20H,17-18H2. The van der Waals surface area contributed by atoms with Crippen molar-refractivity contribution in [2.75, 3.05) is 0 Å². The van der Waals surface area contributed by atoms with E-state index in [-0.39, 0.29) is 0 Å². The Bertz CT molecular complexity index is 1280. The normalized spacial score (nSPS) is 11.9. The van der Waals surface area contributed by atoms with Crippen LogP contribution in [0.4, 0.5) is 0 Å². The number of thiophene rings is 1. The molecule has 0 radical (unpaired) electrons. The number of aliphatic imine (C=N–C) groups is 2. The van der Waals surface area contributed by atoms with Gasteiger partial charge in [0, 0.05) is 22.2 Å². The van der Waals surface area contributed by atoms with Crippen LogP contribution in [-0.2, 0) is 13.1 Å². The van der Waals surface area contributed by atoms with Crippen molar-refractivity contribution >= 4 is 45.3 Å². The van der Waals surface area contributed by atoms with Crippen LogP contribution >= 0.6 is 11.3 Å². The molecule has 2 nitrogen and oxygen atoms in total. The van der Waals surface area contributed by atoms with E-state index in [1.165, 1.54) is 32.7 Å². The molecule has 0 aliphatic heterocycles. The van der Waals surface area contributed by atoms with Crippen molar-refractivity contribution in [2.24, 2.45) is 9.98 Å². The summed E-state index contributed by atoms with van der Waals surface area (Å²) in [6.45, 7) is 1.37. The Balaban J connectivity index is 1.24. The fourth-order valence-corrected chi connectivity index (χ4v) is 4.63. The van der Waals surface area contributed by atoms with Crippen LogP contribution in [0.1, 0.15) is 20.9 Å². The molecule has 5 rings (SSSR count). The summed E-state index contributed by atoms with van der Waals surface area (Å²) >= 11 is 1.71. The van der Waals surface area contributed by atoms with E-state index in [4.69, 9.17) is 0 Å². The molecule has 1 heterocycles. The largest absolute Gasteiger partial charge is 0.287 e. The number of rotatable bonds is 6. The predicted molar refractivity (Wildman–Crippen MR) is 135 cm³/mol. The maximum atomic E-state index is 4.68. The minimum Gasteiger partial charge on any atom is -0.287 e. The third-order valence-electron chi connectivity index (χ3n) is 5.37. The highest BCUT2D eigenvalue weighted by Gasteiger charge is 2.01. The van der Waals surface area contributed by atoms with Gasteiger partial charge in [0.25, 0.3) is 0 Å². The van der Waals surface area contributed by atoms with E-state index < -0.39 is 0 Å². The van der Waals surface area contributed by atoms with Crippen molar-refractivity contribution in [3.05, 3.63) is 118 Å². The third kappa shape index (κ3) is 4.47. The van der Waals surface area contributed by atoms with Crippen molar-refractivity contribution in [1.29, 1.82) is 0 Å². The second-order valence-corrected chi connectivity index (χ2v) is 8.60. The predicted octanol–water partition coefficient (Wildman–Crippen LogP) is 7.29. The van der Waals surface area contributed by atoms with E-state index >= 15 is 0 Å². The average molecular weight is 419 g/mol. The van der Waals surface area contributed by atoms with Gasteiger partial charge >= 0.3 is 0 Å². The van der Waals surface area contributed by atoms with Crippen molar-refractivity contribution < 1.29 is 0 Å². The zero-order valence-corrected chi connectivity index (χ0v) is 17.9. The van der Waals surface area contributed by atoms with E-state index in [1.807, 2.05) is 12.4 Å². The molecule has 4 aromatic carbocycles. The minimum absolute atomic E-state index is 0.684. The summed E-state index contributed by atoms with van der Waals surface area (Å²) in [5.74, 6) is 0. The zero-order valence-electron chi connectivity index (χ0n) is 17.1. The van der Waals surface area contributed by atoms with Crippen LogP contribution in [-0.4, -0.2) is 12.4 Å². The van der Waals surface area contributed by atoms with Crippen LogP contribution in [0.3, 0.4) is 0 Å². The first-order chi connectivity index (χ1) is 15.4. The molecule has 31 heavy (non-hydrogen) atoms. The maximum absolute atomic E-state index is 4.68. The summed E-state index contributed by atoms with van der Waals surface area (Å²) in [7, 11) is 0. The highest BCUT2D eigenvalue weighted by molar-refractivity contribution is 7.15. The molecule has 0 aliphatic carbocycles. The van der Waals surface area contributed by atoms with E-state index in [9.17, 15) is 0 Å². The van der Waals surface area contributed by atoms with Gasteiger partial charge in [0.2, 0.25) is 0 Å². The molecule has 3 heteroatoms. The van der Waals surface area contributed by atoms with Gasteiger partial charge in [-0.15, -0.1) is 11.3 Å². The first kappa shape index (κ1) is 19.4. The molecule has 150 valence electrons.